The highest BCUT2D eigenvalue weighted by molar-refractivity contribution is 5.91. The molecule has 4 heteroatoms. The van der Waals surface area contributed by atoms with Crippen molar-refractivity contribution in [3.8, 4) is 0 Å². The minimum Gasteiger partial charge on any atom is -0.549 e. The Morgan fingerprint density at radius 3 is 2.00 bits per heavy atom. The summed E-state index contributed by atoms with van der Waals surface area (Å²) >= 11 is 0. The predicted molar refractivity (Wildman–Crippen MR) is 32.9 cm³/mol. The summed E-state index contributed by atoms with van der Waals surface area (Å²) in [6.45, 7) is 4.60. The molecule has 0 N–H and O–H groups in total. The molecule has 11 heavy (non-hydrogen) atoms. The minimum atomic E-state index is -1.54. The maximum Gasteiger partial charge on any atom is 0.0675 e. The molecule has 0 aliphatic carbocycles. The quantitative estimate of drug-likeness (QED) is 0.444. The average molecular weight is 156 g/mol. The van der Waals surface area contributed by atoms with Gasteiger partial charge in [0, 0.05) is 11.9 Å². The summed E-state index contributed by atoms with van der Waals surface area (Å²) in [6.07, 6.45) is 0.148. The van der Waals surface area contributed by atoms with Crippen molar-refractivity contribution >= 4 is 11.9 Å². The van der Waals surface area contributed by atoms with Crippen LogP contribution in [-0.2, 0) is 9.59 Å². The van der Waals surface area contributed by atoms with E-state index in [0.29, 0.717) is 0 Å². The molecule has 1 atom stereocenters. The standard InChI is InChI=1S/C7H10O4/c1-3-5(7(10)11)4(2)6(8)9/h5H,2-3H2,1H3,(H,8,9)(H,10,11)/p-2. The number of carboxylic acids is 2. The Morgan fingerprint density at radius 1 is 1.45 bits per heavy atom. The first-order valence-corrected chi connectivity index (χ1v) is 3.11. The third kappa shape index (κ3) is 2.41. The Bertz CT molecular complexity index is 195. The van der Waals surface area contributed by atoms with Gasteiger partial charge in [-0.25, -0.2) is 0 Å². The number of carbonyl (C=O) groups is 2. The topological polar surface area (TPSA) is 80.3 Å². The predicted octanol–water partition coefficient (Wildman–Crippen LogP) is -1.93. The molecule has 0 aliphatic rings. The molecule has 0 heterocycles. The summed E-state index contributed by atoms with van der Waals surface area (Å²) < 4.78 is 0. The molecule has 0 aliphatic heterocycles. The van der Waals surface area contributed by atoms with Crippen LogP contribution in [-0.4, -0.2) is 11.9 Å². The van der Waals surface area contributed by atoms with Crippen molar-refractivity contribution in [2.24, 2.45) is 5.92 Å². The SMILES string of the molecule is C=C(C(=O)[O-])C(CC)C(=O)[O-]. The summed E-state index contributed by atoms with van der Waals surface area (Å²) in [5.74, 6) is -4.11. The van der Waals surface area contributed by atoms with Crippen molar-refractivity contribution in [3.05, 3.63) is 12.2 Å². The highest BCUT2D eigenvalue weighted by Crippen LogP contribution is 2.10. The molecule has 0 radical (unpaired) electrons. The van der Waals surface area contributed by atoms with Crippen molar-refractivity contribution in [3.63, 3.8) is 0 Å². The zero-order valence-electron chi connectivity index (χ0n) is 6.12. The van der Waals surface area contributed by atoms with Crippen LogP contribution in [0.5, 0.6) is 0 Å². The fourth-order valence-corrected chi connectivity index (χ4v) is 0.698. The summed E-state index contributed by atoms with van der Waals surface area (Å²) in [6, 6.07) is 0. The van der Waals surface area contributed by atoms with E-state index in [9.17, 15) is 19.8 Å². The van der Waals surface area contributed by atoms with Gasteiger partial charge < -0.3 is 19.8 Å². The molecule has 0 saturated heterocycles. The Labute approximate surface area is 64.2 Å². The highest BCUT2D eigenvalue weighted by Gasteiger charge is 2.11. The Morgan fingerprint density at radius 2 is 1.91 bits per heavy atom. The lowest BCUT2D eigenvalue weighted by Crippen LogP contribution is -2.37. The third-order valence-electron chi connectivity index (χ3n) is 1.38. The van der Waals surface area contributed by atoms with Crippen LogP contribution in [0.25, 0.3) is 0 Å². The lowest BCUT2D eigenvalue weighted by atomic mass is 9.98. The van der Waals surface area contributed by atoms with E-state index in [1.165, 1.54) is 6.92 Å². The van der Waals surface area contributed by atoms with Crippen LogP contribution in [0, 0.1) is 5.92 Å². The lowest BCUT2D eigenvalue weighted by Gasteiger charge is -2.18. The van der Waals surface area contributed by atoms with E-state index in [-0.39, 0.29) is 6.42 Å². The second-order valence-corrected chi connectivity index (χ2v) is 2.09. The van der Waals surface area contributed by atoms with Gasteiger partial charge in [0.1, 0.15) is 0 Å². The molecular weight excluding hydrogens is 148 g/mol. The molecule has 0 aromatic heterocycles. The zero-order chi connectivity index (χ0) is 9.02. The molecule has 0 aromatic carbocycles. The average Bonchev–Trinajstić information content (AvgIpc) is 1.88. The van der Waals surface area contributed by atoms with E-state index >= 15 is 0 Å². The molecular formula is C7H8O4-2. The van der Waals surface area contributed by atoms with Crippen molar-refractivity contribution < 1.29 is 19.8 Å². The first-order valence-electron chi connectivity index (χ1n) is 3.11. The monoisotopic (exact) mass is 156 g/mol. The van der Waals surface area contributed by atoms with Crippen LogP contribution in [0.2, 0.25) is 0 Å². The maximum atomic E-state index is 10.2. The van der Waals surface area contributed by atoms with E-state index in [0.717, 1.165) is 0 Å². The number of aliphatic carboxylic acids is 2. The van der Waals surface area contributed by atoms with Crippen molar-refractivity contribution in [2.45, 2.75) is 13.3 Å². The number of hydrogen-bond donors (Lipinski definition) is 0. The van der Waals surface area contributed by atoms with Crippen LogP contribution in [0.1, 0.15) is 13.3 Å². The summed E-state index contributed by atoms with van der Waals surface area (Å²) in [7, 11) is 0. The first kappa shape index (κ1) is 9.68. The van der Waals surface area contributed by atoms with Crippen molar-refractivity contribution in [1.29, 1.82) is 0 Å². The molecule has 0 amide bonds. The van der Waals surface area contributed by atoms with Gasteiger partial charge in [0.05, 0.1) is 5.97 Å². The van der Waals surface area contributed by atoms with E-state index < -0.39 is 23.4 Å². The normalized spacial score (nSPS) is 12.1. The van der Waals surface area contributed by atoms with Gasteiger partial charge in [-0.05, 0) is 12.0 Å². The van der Waals surface area contributed by atoms with Crippen molar-refractivity contribution in [1.82, 2.24) is 0 Å². The van der Waals surface area contributed by atoms with E-state index in [4.69, 9.17) is 0 Å². The molecule has 62 valence electrons. The maximum absolute atomic E-state index is 10.2. The van der Waals surface area contributed by atoms with Crippen LogP contribution < -0.4 is 10.2 Å². The zero-order valence-corrected chi connectivity index (χ0v) is 6.12. The Kier molecular flexibility index (Phi) is 3.30. The van der Waals surface area contributed by atoms with Gasteiger partial charge in [-0.15, -0.1) is 0 Å². The fraction of sp³-hybridized carbons (Fsp3) is 0.429. The first-order chi connectivity index (χ1) is 5.00. The van der Waals surface area contributed by atoms with Gasteiger partial charge in [0.15, 0.2) is 0 Å². The summed E-state index contributed by atoms with van der Waals surface area (Å²) in [4.78, 5) is 20.3. The number of carbonyl (C=O) groups excluding carboxylic acids is 2. The fourth-order valence-electron chi connectivity index (χ4n) is 0.698. The molecule has 0 fully saturated rings. The van der Waals surface area contributed by atoms with Gasteiger partial charge in [-0.2, -0.15) is 0 Å². The van der Waals surface area contributed by atoms with Crippen LogP contribution in [0.15, 0.2) is 12.2 Å². The van der Waals surface area contributed by atoms with Crippen LogP contribution >= 0.6 is 0 Å². The largest absolute Gasteiger partial charge is 0.549 e. The van der Waals surface area contributed by atoms with E-state index in [1.54, 1.807) is 0 Å². The second-order valence-electron chi connectivity index (χ2n) is 2.09. The molecule has 0 rings (SSSR count). The second kappa shape index (κ2) is 3.75. The van der Waals surface area contributed by atoms with Crippen LogP contribution in [0.3, 0.4) is 0 Å². The lowest BCUT2D eigenvalue weighted by molar-refractivity contribution is -0.315. The van der Waals surface area contributed by atoms with Crippen LogP contribution in [0.4, 0.5) is 0 Å². The smallest absolute Gasteiger partial charge is 0.0675 e. The summed E-state index contributed by atoms with van der Waals surface area (Å²) in [5, 5.41) is 20.3. The Balaban J connectivity index is 4.39. The van der Waals surface area contributed by atoms with Gasteiger partial charge >= 0.3 is 0 Å². The molecule has 0 saturated carbocycles. The molecule has 0 bridgehead atoms. The Hall–Kier alpha value is -1.32. The highest BCUT2D eigenvalue weighted by atomic mass is 16.4. The van der Waals surface area contributed by atoms with Gasteiger partial charge in [-0.1, -0.05) is 13.5 Å². The van der Waals surface area contributed by atoms with E-state index in [2.05, 4.69) is 6.58 Å². The molecule has 0 spiro atoms. The van der Waals surface area contributed by atoms with Gasteiger partial charge in [-0.3, -0.25) is 0 Å². The number of rotatable bonds is 4. The van der Waals surface area contributed by atoms with Gasteiger partial charge in [0.25, 0.3) is 0 Å². The molecule has 1 unspecified atom stereocenters. The molecule has 4 nitrogen and oxygen atoms in total. The number of hydrogen-bond acceptors (Lipinski definition) is 4. The third-order valence-corrected chi connectivity index (χ3v) is 1.38. The molecule has 0 aromatic rings. The summed E-state index contributed by atoms with van der Waals surface area (Å²) in [5.41, 5.74) is -0.437. The van der Waals surface area contributed by atoms with E-state index in [1.807, 2.05) is 0 Å². The van der Waals surface area contributed by atoms with Gasteiger partial charge in [0.2, 0.25) is 0 Å². The minimum absolute atomic E-state index is 0.148. The number of carboxylic acid groups (broad SMARTS) is 2. The van der Waals surface area contributed by atoms with Crippen molar-refractivity contribution in [2.75, 3.05) is 0 Å².